The average molecular weight is 462 g/mol. The number of rotatable bonds is 8. The zero-order valence-electron chi connectivity index (χ0n) is 19.9. The number of thioether (sulfide) groups is 1. The topological polar surface area (TPSA) is 72.2 Å². The zero-order chi connectivity index (χ0) is 23.8. The molecule has 1 aromatic heterocycles. The van der Waals surface area contributed by atoms with Crippen LogP contribution in [0.25, 0.3) is 17.5 Å². The van der Waals surface area contributed by atoms with Crippen LogP contribution in [0.4, 0.5) is 0 Å². The van der Waals surface area contributed by atoms with Gasteiger partial charge in [-0.2, -0.15) is 5.10 Å². The van der Waals surface area contributed by atoms with Gasteiger partial charge in [0.1, 0.15) is 0 Å². The van der Waals surface area contributed by atoms with Crippen molar-refractivity contribution in [1.82, 2.24) is 20.2 Å². The first-order valence-corrected chi connectivity index (χ1v) is 12.0. The molecule has 0 aliphatic rings. The van der Waals surface area contributed by atoms with Crippen LogP contribution in [0.1, 0.15) is 45.7 Å². The molecule has 0 saturated carbocycles. The summed E-state index contributed by atoms with van der Waals surface area (Å²) in [7, 11) is 0. The van der Waals surface area contributed by atoms with Crippen LogP contribution < -0.4 is 5.43 Å². The lowest BCUT2D eigenvalue weighted by Crippen LogP contribution is -2.20. The van der Waals surface area contributed by atoms with Crippen LogP contribution in [0.15, 0.2) is 70.4 Å². The van der Waals surface area contributed by atoms with Gasteiger partial charge < -0.3 is 4.57 Å². The van der Waals surface area contributed by atoms with Crippen LogP contribution in [0, 0.1) is 0 Å². The summed E-state index contributed by atoms with van der Waals surface area (Å²) in [6.07, 6.45) is 3.65. The number of nitrogens with zero attached hydrogens (tertiary/aromatic N) is 4. The van der Waals surface area contributed by atoms with Gasteiger partial charge in [-0.05, 0) is 36.0 Å². The molecule has 0 aliphatic carbocycles. The Morgan fingerprint density at radius 3 is 2.42 bits per heavy atom. The van der Waals surface area contributed by atoms with Gasteiger partial charge >= 0.3 is 0 Å². The van der Waals surface area contributed by atoms with Gasteiger partial charge in [-0.3, -0.25) is 4.79 Å². The fraction of sp³-hybridized carbons (Fsp3) is 0.308. The van der Waals surface area contributed by atoms with E-state index in [4.69, 9.17) is 0 Å². The van der Waals surface area contributed by atoms with Crippen molar-refractivity contribution in [1.29, 1.82) is 0 Å². The molecule has 33 heavy (non-hydrogen) atoms. The molecule has 2 aromatic carbocycles. The number of aromatic nitrogens is 3. The molecule has 1 amide bonds. The number of carbonyl (C=O) groups is 1. The second-order valence-corrected chi connectivity index (χ2v) is 9.70. The summed E-state index contributed by atoms with van der Waals surface area (Å²) in [5.41, 5.74) is 7.00. The first-order valence-electron chi connectivity index (χ1n) is 11.0. The van der Waals surface area contributed by atoms with Crippen LogP contribution in [0.5, 0.6) is 0 Å². The molecule has 172 valence electrons. The van der Waals surface area contributed by atoms with Crippen molar-refractivity contribution in [2.45, 2.75) is 51.7 Å². The molecule has 7 heteroatoms. The minimum absolute atomic E-state index is 0.101. The van der Waals surface area contributed by atoms with Crippen LogP contribution in [0.2, 0.25) is 0 Å². The Morgan fingerprint density at radius 1 is 1.09 bits per heavy atom. The lowest BCUT2D eigenvalue weighted by Gasteiger charge is -2.19. The molecule has 0 bridgehead atoms. The average Bonchev–Trinajstić information content (AvgIpc) is 3.21. The molecule has 0 atom stereocenters. The van der Waals surface area contributed by atoms with Gasteiger partial charge in [-0.1, -0.05) is 93.2 Å². The number of hydrazone groups is 1. The van der Waals surface area contributed by atoms with Gasteiger partial charge in [0.05, 0.1) is 12.0 Å². The number of nitrogens with one attached hydrogen (secondary N) is 1. The first-order chi connectivity index (χ1) is 15.8. The fourth-order valence-corrected chi connectivity index (χ4v) is 4.03. The Morgan fingerprint density at radius 2 is 1.79 bits per heavy atom. The first kappa shape index (κ1) is 24.5. The predicted octanol–water partition coefficient (Wildman–Crippen LogP) is 5.56. The molecule has 0 fully saturated rings. The van der Waals surface area contributed by atoms with E-state index in [1.807, 2.05) is 54.8 Å². The molecule has 0 unspecified atom stereocenters. The van der Waals surface area contributed by atoms with Crippen molar-refractivity contribution >= 4 is 30.0 Å². The second-order valence-electron chi connectivity index (χ2n) is 8.76. The van der Waals surface area contributed by atoms with E-state index in [1.165, 1.54) is 17.3 Å². The standard InChI is InChI=1S/C26H31N5OS/c1-6-31-24(21-12-14-22(15-13-21)26(3,4)5)29-30-25(31)33-18-23(32)28-27-17-19(2)16-20-10-8-7-9-11-20/h7-17H,6,18H2,1-5H3,(H,28,32)/b19-16+,27-17+. The molecule has 0 saturated heterocycles. The van der Waals surface area contributed by atoms with Crippen LogP contribution in [-0.2, 0) is 16.8 Å². The highest BCUT2D eigenvalue weighted by molar-refractivity contribution is 7.99. The van der Waals surface area contributed by atoms with Gasteiger partial charge in [-0.15, -0.1) is 10.2 Å². The van der Waals surface area contributed by atoms with E-state index in [9.17, 15) is 4.79 Å². The van der Waals surface area contributed by atoms with Gasteiger partial charge in [0, 0.05) is 12.1 Å². The van der Waals surface area contributed by atoms with Crippen molar-refractivity contribution in [3.8, 4) is 11.4 Å². The van der Waals surface area contributed by atoms with Crippen molar-refractivity contribution in [3.63, 3.8) is 0 Å². The number of benzene rings is 2. The Kier molecular flexibility index (Phi) is 8.22. The third-order valence-corrected chi connectivity index (χ3v) is 5.99. The molecule has 0 aliphatic heterocycles. The van der Waals surface area contributed by atoms with Crippen LogP contribution >= 0.6 is 11.8 Å². The van der Waals surface area contributed by atoms with E-state index < -0.39 is 0 Å². The lowest BCUT2D eigenvalue weighted by atomic mass is 9.87. The maximum Gasteiger partial charge on any atom is 0.250 e. The Balaban J connectivity index is 1.58. The van der Waals surface area contributed by atoms with Crippen LogP contribution in [0.3, 0.4) is 0 Å². The predicted molar refractivity (Wildman–Crippen MR) is 137 cm³/mol. The number of amides is 1. The molecule has 6 nitrogen and oxygen atoms in total. The van der Waals surface area contributed by atoms with Crippen LogP contribution in [-0.4, -0.2) is 32.6 Å². The monoisotopic (exact) mass is 461 g/mol. The summed E-state index contributed by atoms with van der Waals surface area (Å²) in [6.45, 7) is 11.3. The van der Waals surface area contributed by atoms with Gasteiger partial charge in [0.15, 0.2) is 11.0 Å². The zero-order valence-corrected chi connectivity index (χ0v) is 20.7. The van der Waals surface area contributed by atoms with Gasteiger partial charge in [-0.25, -0.2) is 5.43 Å². The van der Waals surface area contributed by atoms with E-state index >= 15 is 0 Å². The smallest absolute Gasteiger partial charge is 0.250 e. The van der Waals surface area contributed by atoms with E-state index in [0.717, 1.165) is 29.1 Å². The summed E-state index contributed by atoms with van der Waals surface area (Å²) in [6, 6.07) is 18.4. The SMILES string of the molecule is CCn1c(SCC(=O)N/N=C/C(C)=C/c2ccccc2)nnc1-c1ccc(C(C)(C)C)cc1. The normalized spacial score (nSPS) is 12.3. The fourth-order valence-electron chi connectivity index (χ4n) is 3.23. The highest BCUT2D eigenvalue weighted by atomic mass is 32.2. The highest BCUT2D eigenvalue weighted by Crippen LogP contribution is 2.27. The molecule has 0 radical (unpaired) electrons. The highest BCUT2D eigenvalue weighted by Gasteiger charge is 2.17. The van der Waals surface area contributed by atoms with E-state index in [0.29, 0.717) is 5.16 Å². The molecule has 1 heterocycles. The Bertz CT molecular complexity index is 1130. The number of hydrogen-bond acceptors (Lipinski definition) is 5. The summed E-state index contributed by atoms with van der Waals surface area (Å²) >= 11 is 1.35. The van der Waals surface area contributed by atoms with Crippen molar-refractivity contribution < 1.29 is 4.79 Å². The Hall–Kier alpha value is -3.19. The third kappa shape index (κ3) is 6.89. The van der Waals surface area contributed by atoms with E-state index in [2.05, 4.69) is 65.8 Å². The summed E-state index contributed by atoms with van der Waals surface area (Å²) in [4.78, 5) is 12.2. The maximum absolute atomic E-state index is 12.2. The second kappa shape index (κ2) is 11.1. The van der Waals surface area contributed by atoms with Crippen molar-refractivity contribution in [2.75, 3.05) is 5.75 Å². The molecular formula is C26H31N5OS. The minimum Gasteiger partial charge on any atom is -0.302 e. The lowest BCUT2D eigenvalue weighted by molar-refractivity contribution is -0.118. The van der Waals surface area contributed by atoms with Gasteiger partial charge in [0.2, 0.25) is 0 Å². The van der Waals surface area contributed by atoms with Crippen molar-refractivity contribution in [3.05, 3.63) is 71.3 Å². The molecule has 3 rings (SSSR count). The molecular weight excluding hydrogens is 430 g/mol. The number of allylic oxidation sites excluding steroid dienone is 1. The van der Waals surface area contributed by atoms with E-state index in [-0.39, 0.29) is 17.1 Å². The molecule has 1 N–H and O–H groups in total. The number of carbonyl (C=O) groups excluding carboxylic acids is 1. The largest absolute Gasteiger partial charge is 0.302 e. The third-order valence-electron chi connectivity index (χ3n) is 5.03. The summed E-state index contributed by atoms with van der Waals surface area (Å²) in [5, 5.41) is 13.5. The van der Waals surface area contributed by atoms with Crippen molar-refractivity contribution in [2.24, 2.45) is 5.10 Å². The maximum atomic E-state index is 12.2. The van der Waals surface area contributed by atoms with Gasteiger partial charge in [0.25, 0.3) is 5.91 Å². The summed E-state index contributed by atoms with van der Waals surface area (Å²) in [5.74, 6) is 0.825. The quantitative estimate of drug-likeness (QED) is 0.271. The molecule has 3 aromatic rings. The van der Waals surface area contributed by atoms with E-state index in [1.54, 1.807) is 6.21 Å². The Labute approximate surface area is 200 Å². The molecule has 0 spiro atoms. The number of hydrogen-bond donors (Lipinski definition) is 1. The summed E-state index contributed by atoms with van der Waals surface area (Å²) < 4.78 is 2.03. The minimum atomic E-state index is -0.189.